The zero-order valence-electron chi connectivity index (χ0n) is 22.2. The highest BCUT2D eigenvalue weighted by atomic mass is 16.6. The van der Waals surface area contributed by atoms with Crippen molar-refractivity contribution in [3.05, 3.63) is 77.9 Å². The monoisotopic (exact) mass is 531 g/mol. The second kappa shape index (κ2) is 11.6. The summed E-state index contributed by atoms with van der Waals surface area (Å²) in [6.07, 6.45) is 7.04. The van der Waals surface area contributed by atoms with Crippen molar-refractivity contribution in [2.75, 3.05) is 26.4 Å². The number of nitrogens with zero attached hydrogens (tertiary/aromatic N) is 2. The van der Waals surface area contributed by atoms with Gasteiger partial charge in [-0.25, -0.2) is 4.57 Å². The molecule has 0 aliphatic carbocycles. The number of rotatable bonds is 10. The molecule has 2 aliphatic heterocycles. The van der Waals surface area contributed by atoms with Crippen molar-refractivity contribution in [2.24, 2.45) is 5.92 Å². The van der Waals surface area contributed by atoms with E-state index in [1.54, 1.807) is 18.2 Å². The minimum absolute atomic E-state index is 0.0645. The smallest absolute Gasteiger partial charge is 0.295 e. The molecule has 1 fully saturated rings. The van der Waals surface area contributed by atoms with Crippen molar-refractivity contribution in [2.45, 2.75) is 39.3 Å². The number of carbonyl (C=O) groups is 2. The highest BCUT2D eigenvalue weighted by molar-refractivity contribution is 6.46. The zero-order chi connectivity index (χ0) is 27.4. The third-order valence-corrected chi connectivity index (χ3v) is 6.89. The van der Waals surface area contributed by atoms with E-state index in [1.807, 2.05) is 47.6 Å². The lowest BCUT2D eigenvalue weighted by molar-refractivity contribution is -0.695. The highest BCUT2D eigenvalue weighted by Gasteiger charge is 2.44. The van der Waals surface area contributed by atoms with E-state index in [2.05, 4.69) is 18.8 Å². The Morgan fingerprint density at radius 3 is 2.74 bits per heavy atom. The van der Waals surface area contributed by atoms with E-state index in [9.17, 15) is 14.7 Å². The molecule has 1 saturated heterocycles. The molecule has 0 spiro atoms. The Hall–Kier alpha value is -4.27. The van der Waals surface area contributed by atoms with Gasteiger partial charge < -0.3 is 24.2 Å². The summed E-state index contributed by atoms with van der Waals surface area (Å²) in [4.78, 5) is 31.2. The van der Waals surface area contributed by atoms with Gasteiger partial charge in [0.1, 0.15) is 31.4 Å². The van der Waals surface area contributed by atoms with Gasteiger partial charge in [-0.05, 0) is 47.7 Å². The molecule has 9 nitrogen and oxygen atoms in total. The molecule has 1 aromatic heterocycles. The van der Waals surface area contributed by atoms with Crippen LogP contribution < -0.4 is 23.9 Å². The van der Waals surface area contributed by atoms with E-state index in [1.165, 1.54) is 4.90 Å². The van der Waals surface area contributed by atoms with Crippen LogP contribution in [0.25, 0.3) is 5.76 Å². The lowest BCUT2D eigenvalue weighted by atomic mass is 9.95. The first kappa shape index (κ1) is 26.3. The fourth-order valence-corrected chi connectivity index (χ4v) is 4.86. The first-order chi connectivity index (χ1) is 18.9. The molecular weight excluding hydrogens is 498 g/mol. The summed E-state index contributed by atoms with van der Waals surface area (Å²) in [6.45, 7) is 6.57. The number of ketones is 1. The average molecular weight is 532 g/mol. The number of aromatic nitrogens is 2. The predicted octanol–water partition coefficient (Wildman–Crippen LogP) is 2.81. The van der Waals surface area contributed by atoms with Crippen LogP contribution in [0.4, 0.5) is 0 Å². The summed E-state index contributed by atoms with van der Waals surface area (Å²) in [5.41, 5.74) is 0.867. The first-order valence-corrected chi connectivity index (χ1v) is 13.3. The summed E-state index contributed by atoms with van der Waals surface area (Å²) in [5, 5.41) is 13.8. The number of imidazole rings is 1. The van der Waals surface area contributed by atoms with Gasteiger partial charge in [0.2, 0.25) is 12.1 Å². The number of aryl methyl sites for hydroxylation is 1. The van der Waals surface area contributed by atoms with E-state index in [0.717, 1.165) is 6.42 Å². The number of H-pyrrole nitrogens is 1. The van der Waals surface area contributed by atoms with Gasteiger partial charge in [-0.3, -0.25) is 14.6 Å². The number of hydrogen-bond donors (Lipinski definition) is 1. The number of amides is 1. The third kappa shape index (κ3) is 5.77. The van der Waals surface area contributed by atoms with E-state index >= 15 is 0 Å². The topological polar surface area (TPSA) is 108 Å². The van der Waals surface area contributed by atoms with Gasteiger partial charge >= 0.3 is 0 Å². The van der Waals surface area contributed by atoms with Gasteiger partial charge in [-0.15, -0.1) is 0 Å². The van der Waals surface area contributed by atoms with Gasteiger partial charge in [-0.1, -0.05) is 37.8 Å². The van der Waals surface area contributed by atoms with Gasteiger partial charge in [0, 0.05) is 18.5 Å². The molecule has 1 atom stereocenters. The molecule has 9 heteroatoms. The van der Waals surface area contributed by atoms with E-state index in [0.29, 0.717) is 68.1 Å². The molecule has 1 N–H and O–H groups in total. The standard InChI is InChI=1S/C30H33N3O6/c1-20(2)9-14-37-23-6-3-5-21(17-23)27-26(28(34)22-7-8-24-25(18-22)39-16-15-38-24)29(35)30(36)33(27)12-4-11-32-13-10-31-19-32/h3,5-8,10,13,17-20,27H,4,9,11-12,14-16H2,1-2H3,(H,34,35). The number of ether oxygens (including phenoxy) is 3. The summed E-state index contributed by atoms with van der Waals surface area (Å²) < 4.78 is 19.1. The summed E-state index contributed by atoms with van der Waals surface area (Å²) in [7, 11) is 0. The molecule has 0 radical (unpaired) electrons. The lowest BCUT2D eigenvalue weighted by Gasteiger charge is -2.28. The second-order valence-corrected chi connectivity index (χ2v) is 10.1. The van der Waals surface area contributed by atoms with Crippen LogP contribution >= 0.6 is 0 Å². The molecule has 2 aliphatic rings. The van der Waals surface area contributed by atoms with Gasteiger partial charge in [-0.2, -0.15) is 0 Å². The van der Waals surface area contributed by atoms with Crippen LogP contribution in [-0.2, 0) is 16.1 Å². The maximum Gasteiger partial charge on any atom is 0.295 e. The summed E-state index contributed by atoms with van der Waals surface area (Å²) in [6, 6.07) is 11.3. The van der Waals surface area contributed by atoms with Crippen LogP contribution in [0.5, 0.6) is 17.2 Å². The predicted molar refractivity (Wildman–Crippen MR) is 141 cm³/mol. The molecule has 0 bridgehead atoms. The van der Waals surface area contributed by atoms with E-state index in [4.69, 9.17) is 14.2 Å². The Kier molecular flexibility index (Phi) is 7.86. The van der Waals surface area contributed by atoms with Crippen molar-refractivity contribution in [1.29, 1.82) is 0 Å². The van der Waals surface area contributed by atoms with Crippen LogP contribution in [0.3, 0.4) is 0 Å². The number of carbonyl (C=O) groups excluding carboxylic acids is 2. The highest BCUT2D eigenvalue weighted by Crippen LogP contribution is 2.41. The number of Topliss-reactive ketones (excluding diaryl/α,β-unsaturated/α-hetero) is 1. The van der Waals surface area contributed by atoms with Gasteiger partial charge in [0.15, 0.2) is 11.5 Å². The largest absolute Gasteiger partial charge is 0.872 e. The molecule has 1 unspecified atom stereocenters. The fraction of sp³-hybridized carbons (Fsp3) is 0.367. The summed E-state index contributed by atoms with van der Waals surface area (Å²) >= 11 is 0. The van der Waals surface area contributed by atoms with Crippen LogP contribution in [0.2, 0.25) is 0 Å². The number of hydrogen-bond acceptors (Lipinski definition) is 6. The van der Waals surface area contributed by atoms with Crippen molar-refractivity contribution in [3.8, 4) is 17.2 Å². The quantitative estimate of drug-likeness (QED) is 0.187. The number of benzene rings is 2. The molecular formula is C30H33N3O6. The Morgan fingerprint density at radius 2 is 1.97 bits per heavy atom. The minimum atomic E-state index is -0.824. The lowest BCUT2D eigenvalue weighted by Crippen LogP contribution is -2.36. The first-order valence-electron chi connectivity index (χ1n) is 13.3. The Balaban J connectivity index is 1.50. The molecule has 39 heavy (non-hydrogen) atoms. The Labute approximate surface area is 227 Å². The Bertz CT molecular complexity index is 1360. The van der Waals surface area contributed by atoms with Crippen molar-refractivity contribution in [3.63, 3.8) is 0 Å². The van der Waals surface area contributed by atoms with Crippen molar-refractivity contribution < 1.29 is 33.5 Å². The van der Waals surface area contributed by atoms with Crippen LogP contribution in [-0.4, -0.2) is 47.9 Å². The molecule has 204 valence electrons. The number of likely N-dealkylation sites (tertiary alicyclic amines) is 1. The van der Waals surface area contributed by atoms with Gasteiger partial charge in [0.05, 0.1) is 19.2 Å². The Morgan fingerprint density at radius 1 is 1.15 bits per heavy atom. The van der Waals surface area contributed by atoms with Gasteiger partial charge in [0.25, 0.3) is 5.91 Å². The number of fused-ring (bicyclic) bond motifs is 1. The third-order valence-electron chi connectivity index (χ3n) is 6.89. The minimum Gasteiger partial charge on any atom is -0.872 e. The molecule has 3 aromatic rings. The SMILES string of the molecule is CC(C)CCOc1cccc(C2/C(=C(\[O-])c3ccc4c(c3)OCCO4)C(=O)C(=O)N2CCC[n+]2cc[nH]c2)c1. The molecule has 0 saturated carbocycles. The fourth-order valence-electron chi connectivity index (χ4n) is 4.86. The van der Waals surface area contributed by atoms with E-state index < -0.39 is 23.5 Å². The average Bonchev–Trinajstić information content (AvgIpc) is 3.55. The maximum atomic E-state index is 13.8. The summed E-state index contributed by atoms with van der Waals surface area (Å²) in [5.74, 6) is 0.171. The van der Waals surface area contributed by atoms with Crippen LogP contribution in [0, 0.1) is 5.92 Å². The molecule has 5 rings (SSSR count). The normalized spacial score (nSPS) is 18.1. The van der Waals surface area contributed by atoms with Crippen molar-refractivity contribution in [1.82, 2.24) is 9.88 Å². The maximum absolute atomic E-state index is 13.8. The van der Waals surface area contributed by atoms with Crippen LogP contribution in [0.15, 0.2) is 66.8 Å². The van der Waals surface area contributed by atoms with Crippen LogP contribution in [0.1, 0.15) is 43.9 Å². The zero-order valence-corrected chi connectivity index (χ0v) is 22.2. The van der Waals surface area contributed by atoms with Crippen molar-refractivity contribution >= 4 is 17.4 Å². The number of aromatic amines is 1. The molecule has 3 heterocycles. The van der Waals surface area contributed by atoms with E-state index in [-0.39, 0.29) is 11.1 Å². The molecule has 2 aromatic carbocycles. The molecule has 1 amide bonds. The second-order valence-electron chi connectivity index (χ2n) is 10.1. The number of nitrogens with one attached hydrogen (secondary N) is 1.